The topological polar surface area (TPSA) is 165 Å². The quantitative estimate of drug-likeness (QED) is 0.340. The maximum absolute atomic E-state index is 13.1. The summed E-state index contributed by atoms with van der Waals surface area (Å²) in [5.41, 5.74) is 10.1. The number of rotatable bonds is 6. The number of nitrogens with one attached hydrogen (secondary N) is 2. The molecule has 1 aromatic carbocycles. The number of nitrogens with two attached hydrogens (primary N) is 1. The van der Waals surface area contributed by atoms with Gasteiger partial charge in [0, 0.05) is 48.0 Å². The predicted octanol–water partition coefficient (Wildman–Crippen LogP) is 3.06. The van der Waals surface area contributed by atoms with Gasteiger partial charge in [0.05, 0.1) is 19.2 Å². The van der Waals surface area contributed by atoms with Gasteiger partial charge in [-0.3, -0.25) is 9.20 Å². The van der Waals surface area contributed by atoms with Crippen molar-refractivity contribution in [3.05, 3.63) is 71.5 Å². The number of carbonyl (C=O) groups excluding carboxylic acids is 2. The van der Waals surface area contributed by atoms with Crippen LogP contribution in [0.4, 0.5) is 10.5 Å². The number of allylic oxidation sites excluding steroid dienone is 1. The fourth-order valence-electron chi connectivity index (χ4n) is 4.03. The summed E-state index contributed by atoms with van der Waals surface area (Å²) in [6, 6.07) is 9.00. The minimum atomic E-state index is -0.384. The van der Waals surface area contributed by atoms with Gasteiger partial charge in [0.1, 0.15) is 11.3 Å². The van der Waals surface area contributed by atoms with Gasteiger partial charge in [-0.15, -0.1) is 0 Å². The Morgan fingerprint density at radius 3 is 2.84 bits per heavy atom. The van der Waals surface area contributed by atoms with Gasteiger partial charge in [-0.05, 0) is 36.8 Å². The summed E-state index contributed by atoms with van der Waals surface area (Å²) in [7, 11) is 1.34. The fraction of sp³-hybridized carbons (Fsp3) is 0.200. The summed E-state index contributed by atoms with van der Waals surface area (Å²) in [5.74, 6) is 0.452. The van der Waals surface area contributed by atoms with Crippen LogP contribution in [0, 0.1) is 12.3 Å². The van der Waals surface area contributed by atoms with Gasteiger partial charge < -0.3 is 30.6 Å². The van der Waals surface area contributed by atoms with Crippen molar-refractivity contribution in [2.45, 2.75) is 12.8 Å². The summed E-state index contributed by atoms with van der Waals surface area (Å²) in [5, 5.41) is 14.2. The Labute approximate surface area is 211 Å². The number of pyridine rings is 1. The van der Waals surface area contributed by atoms with Gasteiger partial charge in [0.2, 0.25) is 11.7 Å². The number of ether oxygens (including phenoxy) is 1. The zero-order chi connectivity index (χ0) is 26.1. The van der Waals surface area contributed by atoms with Crippen LogP contribution in [0.2, 0.25) is 0 Å². The van der Waals surface area contributed by atoms with Crippen molar-refractivity contribution < 1.29 is 18.8 Å². The smallest absolute Gasteiger partial charge is 0.409 e. The minimum Gasteiger partial charge on any atom is -0.453 e. The van der Waals surface area contributed by atoms with Crippen molar-refractivity contribution in [2.24, 2.45) is 5.73 Å². The van der Waals surface area contributed by atoms with E-state index in [1.807, 2.05) is 19.1 Å². The van der Waals surface area contributed by atoms with E-state index in [0.717, 1.165) is 11.8 Å². The van der Waals surface area contributed by atoms with E-state index in [1.54, 1.807) is 33.7 Å². The molecule has 0 atom stereocenters. The maximum Gasteiger partial charge on any atom is 0.409 e. The van der Waals surface area contributed by atoms with Crippen LogP contribution in [0.25, 0.3) is 22.7 Å². The number of imidazole rings is 1. The van der Waals surface area contributed by atoms with Crippen molar-refractivity contribution in [1.82, 2.24) is 24.4 Å². The summed E-state index contributed by atoms with van der Waals surface area (Å²) in [4.78, 5) is 35.1. The summed E-state index contributed by atoms with van der Waals surface area (Å²) in [6.07, 6.45) is 5.41. The van der Waals surface area contributed by atoms with Crippen LogP contribution < -0.4 is 11.1 Å². The Balaban J connectivity index is 1.33. The second-order valence-corrected chi connectivity index (χ2v) is 8.59. The van der Waals surface area contributed by atoms with Gasteiger partial charge in [0.25, 0.3) is 5.91 Å². The van der Waals surface area contributed by atoms with Crippen molar-refractivity contribution in [1.29, 1.82) is 5.41 Å². The summed E-state index contributed by atoms with van der Waals surface area (Å²) < 4.78 is 11.8. The molecule has 0 saturated carbocycles. The van der Waals surface area contributed by atoms with E-state index in [-0.39, 0.29) is 17.9 Å². The van der Waals surface area contributed by atoms with Crippen LogP contribution >= 0.6 is 0 Å². The van der Waals surface area contributed by atoms with E-state index < -0.39 is 0 Å². The molecule has 5 rings (SSSR count). The summed E-state index contributed by atoms with van der Waals surface area (Å²) in [6.45, 7) is 2.79. The number of benzene rings is 1. The second-order valence-electron chi connectivity index (χ2n) is 8.59. The molecule has 1 fully saturated rings. The average Bonchev–Trinajstić information content (AvgIpc) is 3.51. The lowest BCUT2D eigenvalue weighted by Crippen LogP contribution is -2.48. The molecule has 0 aliphatic carbocycles. The number of carbonyl (C=O) groups is 2. The minimum absolute atomic E-state index is 0.0448. The molecular weight excluding hydrogens is 476 g/mol. The number of anilines is 1. The van der Waals surface area contributed by atoms with E-state index in [0.29, 0.717) is 58.7 Å². The molecule has 4 aromatic rings. The van der Waals surface area contributed by atoms with E-state index in [1.165, 1.54) is 19.4 Å². The van der Waals surface area contributed by atoms with E-state index in [4.69, 9.17) is 20.4 Å². The Morgan fingerprint density at radius 2 is 2.08 bits per heavy atom. The first-order valence-electron chi connectivity index (χ1n) is 11.4. The second kappa shape index (κ2) is 9.57. The van der Waals surface area contributed by atoms with E-state index >= 15 is 0 Å². The molecule has 0 bridgehead atoms. The number of fused-ring (bicyclic) bond motifs is 1. The Morgan fingerprint density at radius 1 is 1.27 bits per heavy atom. The number of hydrogen-bond acceptors (Lipinski definition) is 9. The molecule has 1 aliphatic heterocycles. The summed E-state index contributed by atoms with van der Waals surface area (Å²) >= 11 is 0. The third-order valence-corrected chi connectivity index (χ3v) is 6.19. The monoisotopic (exact) mass is 500 g/mol. The van der Waals surface area contributed by atoms with E-state index in [9.17, 15) is 9.59 Å². The molecule has 3 aromatic heterocycles. The largest absolute Gasteiger partial charge is 0.453 e. The van der Waals surface area contributed by atoms with Crippen LogP contribution in [-0.4, -0.2) is 62.8 Å². The number of aromatic nitrogens is 4. The van der Waals surface area contributed by atoms with Gasteiger partial charge >= 0.3 is 6.09 Å². The first-order chi connectivity index (χ1) is 17.9. The van der Waals surface area contributed by atoms with Gasteiger partial charge in [-0.2, -0.15) is 4.98 Å². The number of likely N-dealkylation sites (tertiary alicyclic amines) is 1. The molecule has 0 spiro atoms. The number of aryl methyl sites for hydroxylation is 1. The first-order valence-corrected chi connectivity index (χ1v) is 11.4. The highest BCUT2D eigenvalue weighted by molar-refractivity contribution is 6.04. The molecule has 0 radical (unpaired) electrons. The molecule has 4 N–H and O–H groups in total. The van der Waals surface area contributed by atoms with Gasteiger partial charge in [0.15, 0.2) is 0 Å². The highest BCUT2D eigenvalue weighted by atomic mass is 16.5. The molecule has 12 heteroatoms. The SMILES string of the molecule is COC(=O)N1CC(c2nc(-c3ccc(C)c(NC(=O)c4cnc5cc(C(N)=CC=N)ccn45)c3)no2)C1. The number of methoxy groups -OCH3 is 1. The van der Waals surface area contributed by atoms with Crippen LogP contribution in [0.15, 0.2) is 53.3 Å². The predicted molar refractivity (Wildman–Crippen MR) is 135 cm³/mol. The standard InChI is InChI=1S/C25H24N8O4/c1-14-3-4-16(22-30-24(37-31-22)17-12-32(13-17)25(35)36-2)9-19(14)29-23(34)20-11-28-21-10-15(6-8-33(20)21)18(27)5-7-26/h3-11,17,26H,12-13,27H2,1-2H3,(H,29,34). The van der Waals surface area contributed by atoms with Crippen molar-refractivity contribution >= 4 is 35.2 Å². The van der Waals surface area contributed by atoms with Crippen LogP contribution in [0.5, 0.6) is 0 Å². The van der Waals surface area contributed by atoms with Gasteiger partial charge in [-0.25, -0.2) is 9.78 Å². The zero-order valence-corrected chi connectivity index (χ0v) is 20.1. The highest BCUT2D eigenvalue weighted by Crippen LogP contribution is 2.29. The molecule has 1 saturated heterocycles. The van der Waals surface area contributed by atoms with Crippen LogP contribution in [0.1, 0.15) is 33.4 Å². The molecule has 12 nitrogen and oxygen atoms in total. The lowest BCUT2D eigenvalue weighted by molar-refractivity contribution is 0.0804. The van der Waals surface area contributed by atoms with Gasteiger partial charge in [-0.1, -0.05) is 17.3 Å². The molecule has 188 valence electrons. The molecule has 4 heterocycles. The molecule has 0 unspecified atom stereocenters. The zero-order valence-electron chi connectivity index (χ0n) is 20.1. The first kappa shape index (κ1) is 23.7. The Hall–Kier alpha value is -5.00. The molecule has 2 amide bonds. The molecule has 37 heavy (non-hydrogen) atoms. The lowest BCUT2D eigenvalue weighted by Gasteiger charge is -2.35. The van der Waals surface area contributed by atoms with Crippen molar-refractivity contribution in [3.8, 4) is 11.4 Å². The van der Waals surface area contributed by atoms with Crippen molar-refractivity contribution in [2.75, 3.05) is 25.5 Å². The molecular formula is C25H24N8O4. The van der Waals surface area contributed by atoms with Crippen molar-refractivity contribution in [3.63, 3.8) is 0 Å². The average molecular weight is 501 g/mol. The highest BCUT2D eigenvalue weighted by Gasteiger charge is 2.36. The lowest BCUT2D eigenvalue weighted by atomic mass is 10.0. The molecule has 1 aliphatic rings. The maximum atomic E-state index is 13.1. The number of amides is 2. The number of hydrogen-bond donors (Lipinski definition) is 3. The third-order valence-electron chi connectivity index (χ3n) is 6.19. The number of nitrogens with zero attached hydrogens (tertiary/aromatic N) is 5. The van der Waals surface area contributed by atoms with Crippen LogP contribution in [-0.2, 0) is 4.74 Å². The Bertz CT molecular complexity index is 1550. The van der Waals surface area contributed by atoms with E-state index in [2.05, 4.69) is 20.4 Å². The normalized spacial score (nSPS) is 13.9. The van der Waals surface area contributed by atoms with Crippen LogP contribution in [0.3, 0.4) is 0 Å². The fourth-order valence-corrected chi connectivity index (χ4v) is 4.03. The third kappa shape index (κ3) is 4.51. The Kier molecular flexibility index (Phi) is 6.14.